The van der Waals surface area contributed by atoms with Crippen molar-refractivity contribution in [3.8, 4) is 0 Å². The first kappa shape index (κ1) is 14.0. The molecule has 0 aliphatic carbocycles. The molecule has 1 aromatic rings. The number of primary amides is 1. The average Bonchev–Trinajstić information content (AvgIpc) is 2.46. The number of carbonyl (C=O) groups is 1. The molecule has 1 atom stereocenters. The molecule has 3 N–H and O–H groups in total. The van der Waals surface area contributed by atoms with Crippen LogP contribution >= 0.6 is 0 Å². The molecular weight excluding hydrogens is 264 g/mol. The fourth-order valence-electron chi connectivity index (χ4n) is 2.31. The minimum absolute atomic E-state index is 0.137. The molecule has 1 amide bonds. The van der Waals surface area contributed by atoms with Crippen LogP contribution in [-0.4, -0.2) is 40.4 Å². The maximum Gasteiger partial charge on any atom is 0.329 e. The average molecular weight is 280 g/mol. The second kappa shape index (κ2) is 5.68. The third-order valence-corrected chi connectivity index (χ3v) is 3.27. The molecule has 1 aromatic heterocycles. The maximum absolute atomic E-state index is 11.5. The molecule has 108 valence electrons. The van der Waals surface area contributed by atoms with E-state index in [2.05, 4.69) is 15.3 Å². The summed E-state index contributed by atoms with van der Waals surface area (Å²) in [5.41, 5.74) is 5.16. The first-order valence-corrected chi connectivity index (χ1v) is 6.29. The second-order valence-electron chi connectivity index (χ2n) is 4.52. The van der Waals surface area contributed by atoms with E-state index in [1.165, 1.54) is 0 Å². The number of hydrogen-bond donors (Lipinski definition) is 2. The lowest BCUT2D eigenvalue weighted by Gasteiger charge is -2.34. The monoisotopic (exact) mass is 280 g/mol. The van der Waals surface area contributed by atoms with Crippen LogP contribution in [0, 0.1) is 10.1 Å². The predicted molar refractivity (Wildman–Crippen MR) is 72.4 cm³/mol. The Balaban J connectivity index is 2.47. The number of piperidine rings is 1. The Bertz CT molecular complexity index is 535. The molecule has 9 heteroatoms. The summed E-state index contributed by atoms with van der Waals surface area (Å²) >= 11 is 0. The van der Waals surface area contributed by atoms with Crippen LogP contribution in [0.15, 0.2) is 6.20 Å². The van der Waals surface area contributed by atoms with Gasteiger partial charge >= 0.3 is 5.69 Å². The van der Waals surface area contributed by atoms with Crippen LogP contribution in [0.1, 0.15) is 19.3 Å². The number of rotatable bonds is 4. The van der Waals surface area contributed by atoms with Crippen LogP contribution in [0.5, 0.6) is 0 Å². The summed E-state index contributed by atoms with van der Waals surface area (Å²) < 4.78 is 0. The van der Waals surface area contributed by atoms with E-state index in [0.717, 1.165) is 19.0 Å². The Kier molecular flexibility index (Phi) is 3.97. The standard InChI is InChI=1S/C11H16N6O3/c1-13-11-14-6-8(17(19)20)10(15-11)16-5-3-2-4-7(16)9(12)18/h6-7H,2-5H2,1H3,(H2,12,18)(H,13,14,15). The molecule has 0 saturated carbocycles. The summed E-state index contributed by atoms with van der Waals surface area (Å²) in [6.45, 7) is 0.509. The Morgan fingerprint density at radius 3 is 2.95 bits per heavy atom. The van der Waals surface area contributed by atoms with Gasteiger partial charge in [-0.15, -0.1) is 0 Å². The zero-order valence-corrected chi connectivity index (χ0v) is 11.1. The fourth-order valence-corrected chi connectivity index (χ4v) is 2.31. The summed E-state index contributed by atoms with van der Waals surface area (Å²) in [7, 11) is 1.62. The van der Waals surface area contributed by atoms with E-state index in [1.54, 1.807) is 11.9 Å². The number of nitrogens with one attached hydrogen (secondary N) is 1. The van der Waals surface area contributed by atoms with Gasteiger partial charge in [0.25, 0.3) is 0 Å². The highest BCUT2D eigenvalue weighted by molar-refractivity contribution is 5.84. The molecule has 1 saturated heterocycles. The summed E-state index contributed by atoms with van der Waals surface area (Å²) in [5, 5.41) is 13.8. The normalized spacial score (nSPS) is 18.6. The van der Waals surface area contributed by atoms with E-state index < -0.39 is 16.9 Å². The minimum Gasteiger partial charge on any atom is -0.368 e. The number of hydrogen-bond acceptors (Lipinski definition) is 7. The van der Waals surface area contributed by atoms with E-state index in [1.807, 2.05) is 0 Å². The SMILES string of the molecule is CNc1ncc([N+](=O)[O-])c(N2CCCCC2C(N)=O)n1. The van der Waals surface area contributed by atoms with Crippen LogP contribution in [0.4, 0.5) is 17.5 Å². The van der Waals surface area contributed by atoms with Gasteiger partial charge in [0.05, 0.1) is 4.92 Å². The van der Waals surface area contributed by atoms with Crippen LogP contribution in [0.2, 0.25) is 0 Å². The minimum atomic E-state index is -0.568. The number of amides is 1. The molecule has 0 radical (unpaired) electrons. The smallest absolute Gasteiger partial charge is 0.329 e. The number of carbonyl (C=O) groups excluding carboxylic acids is 1. The fraction of sp³-hybridized carbons (Fsp3) is 0.545. The molecule has 2 rings (SSSR count). The zero-order valence-electron chi connectivity index (χ0n) is 11.1. The van der Waals surface area contributed by atoms with Gasteiger partial charge in [-0.25, -0.2) is 4.98 Å². The number of nitro groups is 1. The van der Waals surface area contributed by atoms with Crippen molar-refractivity contribution in [1.82, 2.24) is 9.97 Å². The van der Waals surface area contributed by atoms with Crippen LogP contribution in [0.25, 0.3) is 0 Å². The molecule has 1 aliphatic rings. The number of nitrogens with zero attached hydrogens (tertiary/aromatic N) is 4. The number of nitrogens with two attached hydrogens (primary N) is 1. The summed E-state index contributed by atoms with van der Waals surface area (Å²) in [6, 6.07) is -0.568. The Morgan fingerprint density at radius 2 is 2.35 bits per heavy atom. The third-order valence-electron chi connectivity index (χ3n) is 3.27. The summed E-state index contributed by atoms with van der Waals surface area (Å²) in [5.74, 6) is -0.0964. The summed E-state index contributed by atoms with van der Waals surface area (Å²) in [6.07, 6.45) is 3.41. The molecule has 9 nitrogen and oxygen atoms in total. The van der Waals surface area contributed by atoms with Gasteiger partial charge in [0.2, 0.25) is 17.7 Å². The highest BCUT2D eigenvalue weighted by Crippen LogP contribution is 2.31. The molecule has 20 heavy (non-hydrogen) atoms. The molecule has 1 fully saturated rings. The van der Waals surface area contributed by atoms with E-state index in [4.69, 9.17) is 5.73 Å². The van der Waals surface area contributed by atoms with E-state index in [0.29, 0.717) is 13.0 Å². The topological polar surface area (TPSA) is 127 Å². The van der Waals surface area contributed by atoms with Crippen LogP contribution < -0.4 is 16.0 Å². The highest BCUT2D eigenvalue weighted by atomic mass is 16.6. The quantitative estimate of drug-likeness (QED) is 0.598. The van der Waals surface area contributed by atoms with Crippen molar-refractivity contribution in [2.75, 3.05) is 23.8 Å². The maximum atomic E-state index is 11.5. The van der Waals surface area contributed by atoms with Crippen molar-refractivity contribution < 1.29 is 9.72 Å². The van der Waals surface area contributed by atoms with Crippen molar-refractivity contribution in [1.29, 1.82) is 0 Å². The molecule has 1 unspecified atom stereocenters. The first-order valence-electron chi connectivity index (χ1n) is 6.29. The lowest BCUT2D eigenvalue weighted by atomic mass is 10.0. The number of aromatic nitrogens is 2. The van der Waals surface area contributed by atoms with Gasteiger partial charge in [0, 0.05) is 13.6 Å². The van der Waals surface area contributed by atoms with Gasteiger partial charge in [-0.3, -0.25) is 14.9 Å². The molecule has 0 bridgehead atoms. The summed E-state index contributed by atoms with van der Waals surface area (Å²) in [4.78, 5) is 31.6. The first-order chi connectivity index (χ1) is 9.54. The van der Waals surface area contributed by atoms with Crippen molar-refractivity contribution >= 4 is 23.4 Å². The van der Waals surface area contributed by atoms with Crippen molar-refractivity contribution in [2.24, 2.45) is 5.73 Å². The zero-order chi connectivity index (χ0) is 14.7. The molecule has 0 spiro atoms. The van der Waals surface area contributed by atoms with Crippen LogP contribution in [-0.2, 0) is 4.79 Å². The highest BCUT2D eigenvalue weighted by Gasteiger charge is 2.33. The van der Waals surface area contributed by atoms with Crippen molar-refractivity contribution in [2.45, 2.75) is 25.3 Å². The lowest BCUT2D eigenvalue weighted by Crippen LogP contribution is -2.48. The largest absolute Gasteiger partial charge is 0.368 e. The van der Waals surface area contributed by atoms with Gasteiger partial charge in [0.15, 0.2) is 0 Å². The molecule has 1 aliphatic heterocycles. The van der Waals surface area contributed by atoms with E-state index in [-0.39, 0.29) is 17.5 Å². The Morgan fingerprint density at radius 1 is 1.60 bits per heavy atom. The van der Waals surface area contributed by atoms with E-state index in [9.17, 15) is 14.9 Å². The number of anilines is 2. The van der Waals surface area contributed by atoms with Crippen molar-refractivity contribution in [3.63, 3.8) is 0 Å². The van der Waals surface area contributed by atoms with Gasteiger partial charge < -0.3 is 16.0 Å². The van der Waals surface area contributed by atoms with Gasteiger partial charge in [-0.05, 0) is 19.3 Å². The third kappa shape index (κ3) is 2.60. The van der Waals surface area contributed by atoms with Crippen LogP contribution in [0.3, 0.4) is 0 Å². The second-order valence-corrected chi connectivity index (χ2v) is 4.52. The van der Waals surface area contributed by atoms with E-state index >= 15 is 0 Å². The Labute approximate surface area is 115 Å². The van der Waals surface area contributed by atoms with Gasteiger partial charge in [-0.1, -0.05) is 0 Å². The molecular formula is C11H16N6O3. The Hall–Kier alpha value is -2.45. The molecule has 0 aromatic carbocycles. The van der Waals surface area contributed by atoms with Gasteiger partial charge in [0.1, 0.15) is 12.2 Å². The van der Waals surface area contributed by atoms with Gasteiger partial charge in [-0.2, -0.15) is 4.98 Å². The lowest BCUT2D eigenvalue weighted by molar-refractivity contribution is -0.384. The predicted octanol–water partition coefficient (Wildman–Crippen LogP) is 0.271. The van der Waals surface area contributed by atoms with Crippen molar-refractivity contribution in [3.05, 3.63) is 16.3 Å². The molecule has 2 heterocycles.